The summed E-state index contributed by atoms with van der Waals surface area (Å²) in [4.78, 5) is 15.8. The van der Waals surface area contributed by atoms with Crippen LogP contribution < -0.4 is 15.8 Å². The Bertz CT molecular complexity index is 365. The molecule has 0 saturated carbocycles. The topological polar surface area (TPSA) is 77.2 Å². The van der Waals surface area contributed by atoms with Gasteiger partial charge in [-0.3, -0.25) is 4.79 Å². The molecule has 1 rings (SSSR count). The summed E-state index contributed by atoms with van der Waals surface area (Å²) in [5.41, 5.74) is 6.11. The average molecular weight is 265 g/mol. The summed E-state index contributed by atoms with van der Waals surface area (Å²) in [5.74, 6) is 0.598. The number of nitrogens with zero attached hydrogens (tertiary/aromatic N) is 1. The van der Waals surface area contributed by atoms with Gasteiger partial charge in [0.15, 0.2) is 0 Å². The molecule has 1 amide bonds. The second-order valence-electron chi connectivity index (χ2n) is 4.32. The van der Waals surface area contributed by atoms with E-state index in [0.717, 1.165) is 32.2 Å². The number of anilines is 1. The van der Waals surface area contributed by atoms with Crippen LogP contribution in [0, 0.1) is 0 Å². The van der Waals surface area contributed by atoms with Gasteiger partial charge >= 0.3 is 0 Å². The maximum absolute atomic E-state index is 11.7. The van der Waals surface area contributed by atoms with E-state index in [9.17, 15) is 4.79 Å². The molecule has 0 atom stereocenters. The third-order valence-electron chi connectivity index (χ3n) is 2.67. The van der Waals surface area contributed by atoms with Gasteiger partial charge in [0.2, 0.25) is 11.8 Å². The number of pyridine rings is 1. The van der Waals surface area contributed by atoms with Crippen LogP contribution in [0.25, 0.3) is 0 Å². The predicted molar refractivity (Wildman–Crippen MR) is 76.2 cm³/mol. The molecule has 1 heterocycles. The number of hydrogen-bond acceptors (Lipinski definition) is 4. The zero-order chi connectivity index (χ0) is 13.9. The number of carbonyl (C=O) groups is 1. The SMILES string of the molecule is CCOc1ccc(NC(=O)CCCCCCN)cn1. The Morgan fingerprint density at radius 1 is 1.32 bits per heavy atom. The summed E-state index contributed by atoms with van der Waals surface area (Å²) in [6.07, 6.45) is 6.22. The molecule has 0 spiro atoms. The van der Waals surface area contributed by atoms with Crippen molar-refractivity contribution in [1.82, 2.24) is 4.98 Å². The number of rotatable bonds is 9. The van der Waals surface area contributed by atoms with E-state index in [0.29, 0.717) is 24.6 Å². The largest absolute Gasteiger partial charge is 0.478 e. The van der Waals surface area contributed by atoms with Crippen LogP contribution in [0.1, 0.15) is 39.0 Å². The first-order valence-corrected chi connectivity index (χ1v) is 6.85. The molecule has 1 aromatic rings. The van der Waals surface area contributed by atoms with E-state index in [1.165, 1.54) is 0 Å². The maximum Gasteiger partial charge on any atom is 0.224 e. The first-order chi connectivity index (χ1) is 9.26. The highest BCUT2D eigenvalue weighted by atomic mass is 16.5. The number of amides is 1. The first-order valence-electron chi connectivity index (χ1n) is 6.85. The number of unbranched alkanes of at least 4 members (excludes halogenated alkanes) is 3. The van der Waals surface area contributed by atoms with E-state index in [-0.39, 0.29) is 5.91 Å². The Kier molecular flexibility index (Phi) is 7.58. The fourth-order valence-electron chi connectivity index (χ4n) is 1.69. The van der Waals surface area contributed by atoms with E-state index >= 15 is 0 Å². The van der Waals surface area contributed by atoms with Gasteiger partial charge in [0.05, 0.1) is 18.5 Å². The van der Waals surface area contributed by atoms with Crippen LogP contribution >= 0.6 is 0 Å². The molecule has 0 fully saturated rings. The molecule has 0 aromatic carbocycles. The number of aromatic nitrogens is 1. The van der Waals surface area contributed by atoms with Crippen molar-refractivity contribution in [3.8, 4) is 5.88 Å². The van der Waals surface area contributed by atoms with Gasteiger partial charge in [-0.2, -0.15) is 0 Å². The molecule has 3 N–H and O–H groups in total. The Morgan fingerprint density at radius 3 is 2.74 bits per heavy atom. The highest BCUT2D eigenvalue weighted by Crippen LogP contribution is 2.12. The van der Waals surface area contributed by atoms with E-state index in [1.807, 2.05) is 6.92 Å². The molecule has 5 nitrogen and oxygen atoms in total. The zero-order valence-corrected chi connectivity index (χ0v) is 11.5. The molecule has 0 aliphatic heterocycles. The average Bonchev–Trinajstić information content (AvgIpc) is 2.41. The smallest absolute Gasteiger partial charge is 0.224 e. The second-order valence-corrected chi connectivity index (χ2v) is 4.32. The molecule has 0 aliphatic rings. The fraction of sp³-hybridized carbons (Fsp3) is 0.571. The van der Waals surface area contributed by atoms with Crippen LogP contribution in [0.2, 0.25) is 0 Å². The number of hydrogen-bond donors (Lipinski definition) is 2. The molecule has 0 bridgehead atoms. The monoisotopic (exact) mass is 265 g/mol. The van der Waals surface area contributed by atoms with Crippen molar-refractivity contribution >= 4 is 11.6 Å². The highest BCUT2D eigenvalue weighted by Gasteiger charge is 2.03. The van der Waals surface area contributed by atoms with Gasteiger partial charge < -0.3 is 15.8 Å². The van der Waals surface area contributed by atoms with Crippen molar-refractivity contribution in [2.75, 3.05) is 18.5 Å². The van der Waals surface area contributed by atoms with Crippen LogP contribution in [0.4, 0.5) is 5.69 Å². The molecule has 0 aliphatic carbocycles. The van der Waals surface area contributed by atoms with Gasteiger partial charge in [0.25, 0.3) is 0 Å². The maximum atomic E-state index is 11.7. The quantitative estimate of drug-likeness (QED) is 0.672. The number of nitrogens with one attached hydrogen (secondary N) is 1. The van der Waals surface area contributed by atoms with Crippen LogP contribution in [0.3, 0.4) is 0 Å². The minimum atomic E-state index is 0.0266. The van der Waals surface area contributed by atoms with Crippen molar-refractivity contribution < 1.29 is 9.53 Å². The lowest BCUT2D eigenvalue weighted by Gasteiger charge is -2.06. The summed E-state index contributed by atoms with van der Waals surface area (Å²) in [6, 6.07) is 3.55. The van der Waals surface area contributed by atoms with E-state index < -0.39 is 0 Å². The first kappa shape index (κ1) is 15.4. The van der Waals surface area contributed by atoms with Crippen molar-refractivity contribution in [2.24, 2.45) is 5.73 Å². The van der Waals surface area contributed by atoms with E-state index in [2.05, 4.69) is 10.3 Å². The minimum Gasteiger partial charge on any atom is -0.478 e. The normalized spacial score (nSPS) is 10.2. The van der Waals surface area contributed by atoms with Gasteiger partial charge in [0, 0.05) is 12.5 Å². The molecule has 1 aromatic heterocycles. The summed E-state index contributed by atoms with van der Waals surface area (Å²) in [7, 11) is 0. The number of nitrogens with two attached hydrogens (primary N) is 1. The summed E-state index contributed by atoms with van der Waals surface area (Å²) in [6.45, 7) is 3.22. The van der Waals surface area contributed by atoms with Gasteiger partial charge in [-0.05, 0) is 32.4 Å². The van der Waals surface area contributed by atoms with Crippen LogP contribution in [-0.4, -0.2) is 24.0 Å². The molecular formula is C14H23N3O2. The van der Waals surface area contributed by atoms with E-state index in [1.54, 1.807) is 18.3 Å². The van der Waals surface area contributed by atoms with Crippen molar-refractivity contribution in [1.29, 1.82) is 0 Å². The third-order valence-corrected chi connectivity index (χ3v) is 2.67. The van der Waals surface area contributed by atoms with Crippen molar-refractivity contribution in [3.05, 3.63) is 18.3 Å². The third kappa shape index (κ3) is 6.76. The Labute approximate surface area is 114 Å². The summed E-state index contributed by atoms with van der Waals surface area (Å²) >= 11 is 0. The molecule has 106 valence electrons. The Hall–Kier alpha value is -1.62. The number of carbonyl (C=O) groups excluding carboxylic acids is 1. The molecule has 5 heteroatoms. The van der Waals surface area contributed by atoms with Crippen molar-refractivity contribution in [2.45, 2.75) is 39.0 Å². The molecule has 0 radical (unpaired) electrons. The standard InChI is InChI=1S/C14H23N3O2/c1-2-19-14-9-8-12(11-16-14)17-13(18)7-5-3-4-6-10-15/h8-9,11H,2-7,10,15H2,1H3,(H,17,18). The van der Waals surface area contributed by atoms with Crippen LogP contribution in [0.5, 0.6) is 5.88 Å². The lowest BCUT2D eigenvalue weighted by atomic mass is 10.1. The van der Waals surface area contributed by atoms with Crippen LogP contribution in [0.15, 0.2) is 18.3 Å². The lowest BCUT2D eigenvalue weighted by molar-refractivity contribution is -0.116. The molecule has 0 saturated heterocycles. The number of ether oxygens (including phenoxy) is 1. The predicted octanol–water partition coefficient (Wildman–Crippen LogP) is 2.33. The highest BCUT2D eigenvalue weighted by molar-refractivity contribution is 5.90. The lowest BCUT2D eigenvalue weighted by Crippen LogP contribution is -2.11. The van der Waals surface area contributed by atoms with Gasteiger partial charge in [0.1, 0.15) is 0 Å². The van der Waals surface area contributed by atoms with Gasteiger partial charge in [-0.25, -0.2) is 4.98 Å². The van der Waals surface area contributed by atoms with Crippen LogP contribution in [-0.2, 0) is 4.79 Å². The van der Waals surface area contributed by atoms with E-state index in [4.69, 9.17) is 10.5 Å². The summed E-state index contributed by atoms with van der Waals surface area (Å²) in [5, 5.41) is 2.82. The second kappa shape index (κ2) is 9.33. The minimum absolute atomic E-state index is 0.0266. The Morgan fingerprint density at radius 2 is 2.11 bits per heavy atom. The van der Waals surface area contributed by atoms with Gasteiger partial charge in [-0.15, -0.1) is 0 Å². The van der Waals surface area contributed by atoms with Crippen molar-refractivity contribution in [3.63, 3.8) is 0 Å². The molecule has 19 heavy (non-hydrogen) atoms. The Balaban J connectivity index is 2.24. The zero-order valence-electron chi connectivity index (χ0n) is 11.5. The summed E-state index contributed by atoms with van der Waals surface area (Å²) < 4.78 is 5.23. The van der Waals surface area contributed by atoms with Gasteiger partial charge in [-0.1, -0.05) is 12.8 Å². The fourth-order valence-corrected chi connectivity index (χ4v) is 1.69. The molecular weight excluding hydrogens is 242 g/mol. The molecule has 0 unspecified atom stereocenters.